The second-order valence-electron chi connectivity index (χ2n) is 6.61. The van der Waals surface area contributed by atoms with E-state index in [1.165, 1.54) is 10.4 Å². The summed E-state index contributed by atoms with van der Waals surface area (Å²) in [6.07, 6.45) is 5.11. The minimum Gasteiger partial charge on any atom is -0.338 e. The van der Waals surface area contributed by atoms with Crippen molar-refractivity contribution >= 4 is 17.2 Å². The number of likely N-dealkylation sites (tertiary alicyclic amines) is 1. The summed E-state index contributed by atoms with van der Waals surface area (Å²) >= 11 is 1.58. The zero-order valence-electron chi connectivity index (χ0n) is 14.8. The van der Waals surface area contributed by atoms with Crippen LogP contribution in [0.5, 0.6) is 0 Å². The number of aryl methyl sites for hydroxylation is 2. The van der Waals surface area contributed by atoms with Crippen molar-refractivity contribution in [1.82, 2.24) is 20.0 Å². The lowest BCUT2D eigenvalue weighted by Crippen LogP contribution is -2.37. The molecule has 3 aromatic heterocycles. The highest BCUT2D eigenvalue weighted by Gasteiger charge is 2.28. The summed E-state index contributed by atoms with van der Waals surface area (Å²) < 4.78 is 5.40. The van der Waals surface area contributed by atoms with Crippen LogP contribution in [0.2, 0.25) is 0 Å². The van der Waals surface area contributed by atoms with Gasteiger partial charge in [-0.25, -0.2) is 0 Å². The summed E-state index contributed by atoms with van der Waals surface area (Å²) in [5.41, 5.74) is 2.05. The van der Waals surface area contributed by atoms with E-state index in [9.17, 15) is 4.79 Å². The topological polar surface area (TPSA) is 72.1 Å². The zero-order valence-corrected chi connectivity index (χ0v) is 15.6. The number of hydrogen-bond acceptors (Lipinski definition) is 6. The number of amides is 1. The number of piperidine rings is 1. The molecule has 6 nitrogen and oxygen atoms in total. The Bertz CT molecular complexity index is 891. The van der Waals surface area contributed by atoms with E-state index < -0.39 is 0 Å². The Kier molecular flexibility index (Phi) is 4.55. The number of carbonyl (C=O) groups is 1. The third kappa shape index (κ3) is 3.26. The molecule has 0 radical (unpaired) electrons. The molecule has 3 aromatic rings. The molecule has 134 valence electrons. The summed E-state index contributed by atoms with van der Waals surface area (Å²) in [7, 11) is 0. The van der Waals surface area contributed by atoms with Crippen LogP contribution in [0.25, 0.3) is 11.5 Å². The Hall–Kier alpha value is -2.54. The van der Waals surface area contributed by atoms with Crippen LogP contribution >= 0.6 is 11.3 Å². The molecular formula is C19H20N4O2S. The van der Waals surface area contributed by atoms with Crippen molar-refractivity contribution in [1.29, 1.82) is 0 Å². The average molecular weight is 368 g/mol. The minimum absolute atomic E-state index is 0.134. The van der Waals surface area contributed by atoms with Gasteiger partial charge in [-0.15, -0.1) is 11.3 Å². The smallest absolute Gasteiger partial charge is 0.263 e. The summed E-state index contributed by atoms with van der Waals surface area (Å²) in [5, 5.41) is 4.15. The van der Waals surface area contributed by atoms with E-state index in [2.05, 4.69) is 22.0 Å². The Balaban J connectivity index is 1.41. The normalized spacial score (nSPS) is 15.4. The summed E-state index contributed by atoms with van der Waals surface area (Å²) in [6.45, 7) is 5.54. The molecule has 0 spiro atoms. The van der Waals surface area contributed by atoms with E-state index in [4.69, 9.17) is 4.52 Å². The van der Waals surface area contributed by atoms with E-state index in [1.54, 1.807) is 23.7 Å². The molecular weight excluding hydrogens is 348 g/mol. The van der Waals surface area contributed by atoms with E-state index in [0.29, 0.717) is 5.89 Å². The molecule has 7 heteroatoms. The van der Waals surface area contributed by atoms with Gasteiger partial charge in [-0.1, -0.05) is 5.16 Å². The first-order valence-electron chi connectivity index (χ1n) is 8.72. The number of carbonyl (C=O) groups excluding carboxylic acids is 1. The van der Waals surface area contributed by atoms with E-state index in [-0.39, 0.29) is 11.8 Å². The van der Waals surface area contributed by atoms with Gasteiger partial charge in [-0.05, 0) is 50.5 Å². The number of nitrogens with zero attached hydrogens (tertiary/aromatic N) is 4. The molecule has 1 aliphatic rings. The largest absolute Gasteiger partial charge is 0.338 e. The molecule has 1 aliphatic heterocycles. The van der Waals surface area contributed by atoms with Crippen molar-refractivity contribution in [2.45, 2.75) is 32.6 Å². The van der Waals surface area contributed by atoms with Crippen LogP contribution in [0, 0.1) is 13.8 Å². The first kappa shape index (κ1) is 16.9. The number of aromatic nitrogens is 3. The van der Waals surface area contributed by atoms with Crippen LogP contribution in [0.3, 0.4) is 0 Å². The van der Waals surface area contributed by atoms with Gasteiger partial charge in [0.05, 0.1) is 4.88 Å². The maximum absolute atomic E-state index is 12.7. The molecule has 0 aromatic carbocycles. The molecule has 0 saturated carbocycles. The van der Waals surface area contributed by atoms with Crippen molar-refractivity contribution in [2.24, 2.45) is 0 Å². The lowest BCUT2D eigenvalue weighted by molar-refractivity contribution is 0.0715. The Labute approximate surface area is 155 Å². The molecule has 4 heterocycles. The molecule has 4 rings (SSSR count). The van der Waals surface area contributed by atoms with Gasteiger partial charge in [0.1, 0.15) is 0 Å². The van der Waals surface area contributed by atoms with Crippen molar-refractivity contribution in [3.8, 4) is 11.5 Å². The summed E-state index contributed by atoms with van der Waals surface area (Å²) in [5.74, 6) is 1.61. The van der Waals surface area contributed by atoms with Crippen LogP contribution in [0.1, 0.15) is 44.7 Å². The van der Waals surface area contributed by atoms with Gasteiger partial charge < -0.3 is 9.42 Å². The minimum atomic E-state index is 0.134. The monoisotopic (exact) mass is 368 g/mol. The van der Waals surface area contributed by atoms with Crippen molar-refractivity contribution in [3.63, 3.8) is 0 Å². The third-order valence-corrected chi connectivity index (χ3v) is 6.03. The second-order valence-corrected chi connectivity index (χ2v) is 7.87. The van der Waals surface area contributed by atoms with Crippen molar-refractivity contribution in [2.75, 3.05) is 13.1 Å². The quantitative estimate of drug-likeness (QED) is 0.702. The van der Waals surface area contributed by atoms with Crippen molar-refractivity contribution < 1.29 is 9.32 Å². The Morgan fingerprint density at radius 2 is 1.96 bits per heavy atom. The highest BCUT2D eigenvalue weighted by atomic mass is 32.1. The van der Waals surface area contributed by atoms with Crippen molar-refractivity contribution in [3.05, 3.63) is 51.7 Å². The molecule has 0 bridgehead atoms. The predicted octanol–water partition coefficient (Wildman–Crippen LogP) is 3.83. The van der Waals surface area contributed by atoms with Gasteiger partial charge in [0.2, 0.25) is 0 Å². The van der Waals surface area contributed by atoms with Gasteiger partial charge in [0.25, 0.3) is 11.8 Å². The summed E-state index contributed by atoms with van der Waals surface area (Å²) in [6, 6.07) is 5.70. The first-order valence-corrected chi connectivity index (χ1v) is 9.54. The van der Waals surface area contributed by atoms with Crippen LogP contribution in [-0.2, 0) is 0 Å². The van der Waals surface area contributed by atoms with Gasteiger partial charge in [0.15, 0.2) is 5.82 Å². The van der Waals surface area contributed by atoms with Gasteiger partial charge >= 0.3 is 0 Å². The summed E-state index contributed by atoms with van der Waals surface area (Å²) in [4.78, 5) is 25.2. The molecule has 0 N–H and O–H groups in total. The highest BCUT2D eigenvalue weighted by molar-refractivity contribution is 7.14. The number of pyridine rings is 1. The van der Waals surface area contributed by atoms with Crippen LogP contribution < -0.4 is 0 Å². The Morgan fingerprint density at radius 1 is 1.23 bits per heavy atom. The van der Waals surface area contributed by atoms with Crippen LogP contribution in [0.4, 0.5) is 0 Å². The fourth-order valence-electron chi connectivity index (χ4n) is 3.19. The Morgan fingerprint density at radius 3 is 2.62 bits per heavy atom. The third-order valence-electron chi connectivity index (χ3n) is 4.89. The average Bonchev–Trinajstić information content (AvgIpc) is 3.30. The molecule has 1 saturated heterocycles. The molecule has 1 amide bonds. The molecule has 0 atom stereocenters. The molecule has 26 heavy (non-hydrogen) atoms. The zero-order chi connectivity index (χ0) is 18.1. The standard InChI is InChI=1S/C19H20N4O2S/c1-12-11-16(26-13(12)2)19(24)23-9-5-14(6-10-23)17-21-18(25-22-17)15-3-7-20-8-4-15/h3-4,7-8,11,14H,5-6,9-10H2,1-2H3. The predicted molar refractivity (Wildman–Crippen MR) is 99.2 cm³/mol. The lowest BCUT2D eigenvalue weighted by Gasteiger charge is -2.30. The van der Waals surface area contributed by atoms with Crippen LogP contribution in [-0.4, -0.2) is 39.0 Å². The molecule has 0 aliphatic carbocycles. The van der Waals surface area contributed by atoms with E-state index in [0.717, 1.165) is 42.2 Å². The lowest BCUT2D eigenvalue weighted by atomic mass is 9.96. The number of rotatable bonds is 3. The fraction of sp³-hybridized carbons (Fsp3) is 0.368. The van der Waals surface area contributed by atoms with Crippen LogP contribution in [0.15, 0.2) is 35.1 Å². The first-order chi connectivity index (χ1) is 12.6. The maximum atomic E-state index is 12.7. The van der Waals surface area contributed by atoms with Gasteiger partial charge in [-0.2, -0.15) is 4.98 Å². The SMILES string of the molecule is Cc1cc(C(=O)N2CCC(c3noc(-c4ccncc4)n3)CC2)sc1C. The molecule has 0 unspecified atom stereocenters. The van der Waals surface area contributed by atoms with E-state index >= 15 is 0 Å². The second kappa shape index (κ2) is 6.99. The van der Waals surface area contributed by atoms with Gasteiger partial charge in [-0.3, -0.25) is 9.78 Å². The van der Waals surface area contributed by atoms with E-state index in [1.807, 2.05) is 30.0 Å². The van der Waals surface area contributed by atoms with Gasteiger partial charge in [0, 0.05) is 41.8 Å². The number of thiophene rings is 1. The molecule has 1 fully saturated rings. The fourth-order valence-corrected chi connectivity index (χ4v) is 4.19. The number of hydrogen-bond donors (Lipinski definition) is 0. The maximum Gasteiger partial charge on any atom is 0.263 e. The highest BCUT2D eigenvalue weighted by Crippen LogP contribution is 2.30.